The number of amides is 2. The number of hydrogen-bond acceptors (Lipinski definition) is 5. The van der Waals surface area contributed by atoms with Crippen molar-refractivity contribution in [2.45, 2.75) is 6.61 Å². The molecule has 160 valence electrons. The fourth-order valence-corrected chi connectivity index (χ4v) is 3.56. The van der Waals surface area contributed by atoms with E-state index in [2.05, 4.69) is 5.16 Å². The zero-order valence-electron chi connectivity index (χ0n) is 17.0. The van der Waals surface area contributed by atoms with Gasteiger partial charge < -0.3 is 19.1 Å². The van der Waals surface area contributed by atoms with Gasteiger partial charge in [-0.25, -0.2) is 4.79 Å². The molecule has 3 aromatic rings. The third-order valence-corrected chi connectivity index (χ3v) is 5.41. The van der Waals surface area contributed by atoms with Gasteiger partial charge in [0.2, 0.25) is 5.76 Å². The zero-order valence-corrected chi connectivity index (χ0v) is 17.8. The van der Waals surface area contributed by atoms with Gasteiger partial charge in [0, 0.05) is 49.3 Å². The Morgan fingerprint density at radius 3 is 2.58 bits per heavy atom. The van der Waals surface area contributed by atoms with Crippen molar-refractivity contribution in [3.05, 3.63) is 77.0 Å². The lowest BCUT2D eigenvalue weighted by Gasteiger charge is -2.39. The van der Waals surface area contributed by atoms with Crippen molar-refractivity contribution in [3.8, 4) is 11.3 Å². The Balaban J connectivity index is 1.24. The summed E-state index contributed by atoms with van der Waals surface area (Å²) in [5, 5.41) is 4.61. The number of hydrogen-bond donors (Lipinski definition) is 0. The molecule has 1 aliphatic rings. The first kappa shape index (κ1) is 20.9. The van der Waals surface area contributed by atoms with Crippen LogP contribution >= 0.6 is 11.6 Å². The third-order valence-electron chi connectivity index (χ3n) is 5.16. The predicted octanol–water partition coefficient (Wildman–Crippen LogP) is 4.34. The van der Waals surface area contributed by atoms with Crippen LogP contribution in [0, 0.1) is 5.92 Å². The molecule has 0 N–H and O–H groups in total. The third kappa shape index (κ3) is 5.06. The smallest absolute Gasteiger partial charge is 0.410 e. The second-order valence-electron chi connectivity index (χ2n) is 7.58. The average molecular weight is 440 g/mol. The van der Waals surface area contributed by atoms with Crippen LogP contribution in [0.25, 0.3) is 11.3 Å². The Labute approximate surface area is 185 Å². The van der Waals surface area contributed by atoms with E-state index in [1.165, 1.54) is 0 Å². The molecule has 2 aromatic carbocycles. The number of aromatic nitrogens is 1. The molecule has 8 heteroatoms. The molecule has 0 unspecified atom stereocenters. The first-order chi connectivity index (χ1) is 15.0. The van der Waals surface area contributed by atoms with Gasteiger partial charge in [0.15, 0.2) is 0 Å². The van der Waals surface area contributed by atoms with Crippen molar-refractivity contribution in [2.75, 3.05) is 26.7 Å². The van der Waals surface area contributed by atoms with Crippen LogP contribution in [-0.2, 0) is 11.3 Å². The number of halogens is 1. The quantitative estimate of drug-likeness (QED) is 0.571. The molecule has 1 saturated heterocycles. The van der Waals surface area contributed by atoms with E-state index in [0.29, 0.717) is 30.4 Å². The highest BCUT2D eigenvalue weighted by molar-refractivity contribution is 6.30. The van der Waals surface area contributed by atoms with Crippen molar-refractivity contribution >= 4 is 23.6 Å². The second-order valence-corrected chi connectivity index (χ2v) is 8.02. The average Bonchev–Trinajstić information content (AvgIpc) is 3.25. The van der Waals surface area contributed by atoms with E-state index in [0.717, 1.165) is 11.1 Å². The summed E-state index contributed by atoms with van der Waals surface area (Å²) >= 11 is 5.90. The Hall–Kier alpha value is -3.32. The number of carbonyl (C=O) groups excluding carboxylic acids is 2. The van der Waals surface area contributed by atoms with E-state index >= 15 is 0 Å². The van der Waals surface area contributed by atoms with Crippen LogP contribution in [0.3, 0.4) is 0 Å². The molecule has 31 heavy (non-hydrogen) atoms. The fourth-order valence-electron chi connectivity index (χ4n) is 3.44. The van der Waals surface area contributed by atoms with Crippen LogP contribution < -0.4 is 0 Å². The SMILES string of the molecule is CN(CC1CN(C(=O)OCc2ccccc2)C1)C(=O)c1cc(-c2ccc(Cl)cc2)no1. The highest BCUT2D eigenvalue weighted by atomic mass is 35.5. The molecule has 0 bridgehead atoms. The maximum absolute atomic E-state index is 12.7. The summed E-state index contributed by atoms with van der Waals surface area (Å²) in [5.41, 5.74) is 2.34. The van der Waals surface area contributed by atoms with Crippen molar-refractivity contribution in [1.29, 1.82) is 0 Å². The van der Waals surface area contributed by atoms with E-state index < -0.39 is 0 Å². The maximum Gasteiger partial charge on any atom is 0.410 e. The molecular formula is C23H22ClN3O4. The van der Waals surface area contributed by atoms with Crippen molar-refractivity contribution in [2.24, 2.45) is 5.92 Å². The molecule has 2 heterocycles. The van der Waals surface area contributed by atoms with Gasteiger partial charge in [0.05, 0.1) is 0 Å². The lowest BCUT2D eigenvalue weighted by molar-refractivity contribution is 0.0367. The Bertz CT molecular complexity index is 1050. The fraction of sp³-hybridized carbons (Fsp3) is 0.261. The normalized spacial score (nSPS) is 13.5. The summed E-state index contributed by atoms with van der Waals surface area (Å²) in [6, 6.07) is 18.3. The first-order valence-corrected chi connectivity index (χ1v) is 10.3. The van der Waals surface area contributed by atoms with E-state index in [1.807, 2.05) is 42.5 Å². The molecule has 0 spiro atoms. The van der Waals surface area contributed by atoms with Crippen LogP contribution in [0.1, 0.15) is 16.1 Å². The van der Waals surface area contributed by atoms with Crippen LogP contribution in [0.5, 0.6) is 0 Å². The van der Waals surface area contributed by atoms with Gasteiger partial charge >= 0.3 is 6.09 Å². The molecule has 1 aromatic heterocycles. The summed E-state index contributed by atoms with van der Waals surface area (Å²) in [7, 11) is 1.71. The Morgan fingerprint density at radius 2 is 1.87 bits per heavy atom. The zero-order chi connectivity index (χ0) is 21.8. The van der Waals surface area contributed by atoms with Gasteiger partial charge in [0.25, 0.3) is 5.91 Å². The van der Waals surface area contributed by atoms with Crippen LogP contribution in [0.4, 0.5) is 4.79 Å². The number of likely N-dealkylation sites (tertiary alicyclic amines) is 1. The molecule has 4 rings (SSSR count). The summed E-state index contributed by atoms with van der Waals surface area (Å²) < 4.78 is 10.6. The van der Waals surface area contributed by atoms with Crippen LogP contribution in [-0.4, -0.2) is 53.6 Å². The first-order valence-electron chi connectivity index (χ1n) is 9.93. The lowest BCUT2D eigenvalue weighted by atomic mass is 10.0. The molecule has 0 saturated carbocycles. The van der Waals surface area contributed by atoms with E-state index in [-0.39, 0.29) is 30.3 Å². The van der Waals surface area contributed by atoms with Gasteiger partial charge in [-0.2, -0.15) is 0 Å². The maximum atomic E-state index is 12.7. The number of nitrogens with zero attached hydrogens (tertiary/aromatic N) is 3. The minimum atomic E-state index is -0.336. The number of rotatable bonds is 6. The number of benzene rings is 2. The monoisotopic (exact) mass is 439 g/mol. The van der Waals surface area contributed by atoms with Crippen molar-refractivity contribution in [1.82, 2.24) is 15.0 Å². The second kappa shape index (κ2) is 9.22. The Morgan fingerprint density at radius 1 is 1.16 bits per heavy atom. The minimum Gasteiger partial charge on any atom is -0.445 e. The van der Waals surface area contributed by atoms with Crippen LogP contribution in [0.15, 0.2) is 65.2 Å². The van der Waals surface area contributed by atoms with E-state index in [9.17, 15) is 9.59 Å². The summed E-state index contributed by atoms with van der Waals surface area (Å²) in [6.45, 7) is 1.87. The topological polar surface area (TPSA) is 75.9 Å². The van der Waals surface area contributed by atoms with Gasteiger partial charge in [-0.1, -0.05) is 59.2 Å². The molecule has 0 atom stereocenters. The molecule has 2 amide bonds. The van der Waals surface area contributed by atoms with E-state index in [1.54, 1.807) is 35.0 Å². The standard InChI is InChI=1S/C23H22ClN3O4/c1-26(22(28)21-11-20(25-31-21)18-7-9-19(24)10-8-18)12-17-13-27(14-17)23(29)30-15-16-5-3-2-4-6-16/h2-11,17H,12-15H2,1H3. The highest BCUT2D eigenvalue weighted by Crippen LogP contribution is 2.23. The molecule has 0 radical (unpaired) electrons. The van der Waals surface area contributed by atoms with E-state index in [4.69, 9.17) is 20.9 Å². The minimum absolute atomic E-state index is 0.172. The Kier molecular flexibility index (Phi) is 6.23. The summed E-state index contributed by atoms with van der Waals surface area (Å²) in [6.07, 6.45) is -0.336. The van der Waals surface area contributed by atoms with Crippen LogP contribution in [0.2, 0.25) is 5.02 Å². The molecule has 1 aliphatic heterocycles. The predicted molar refractivity (Wildman–Crippen MR) is 116 cm³/mol. The molecule has 1 fully saturated rings. The van der Waals surface area contributed by atoms with Crippen molar-refractivity contribution < 1.29 is 18.8 Å². The lowest BCUT2D eigenvalue weighted by Crippen LogP contribution is -2.54. The van der Waals surface area contributed by atoms with Gasteiger partial charge in [-0.15, -0.1) is 0 Å². The highest BCUT2D eigenvalue weighted by Gasteiger charge is 2.33. The van der Waals surface area contributed by atoms with Gasteiger partial charge in [-0.05, 0) is 17.7 Å². The number of carbonyl (C=O) groups is 2. The van der Waals surface area contributed by atoms with Gasteiger partial charge in [-0.3, -0.25) is 4.79 Å². The molecular weight excluding hydrogens is 418 g/mol. The largest absolute Gasteiger partial charge is 0.445 e. The molecule has 7 nitrogen and oxygen atoms in total. The number of ether oxygens (including phenoxy) is 1. The van der Waals surface area contributed by atoms with Gasteiger partial charge in [0.1, 0.15) is 12.3 Å². The summed E-state index contributed by atoms with van der Waals surface area (Å²) in [4.78, 5) is 28.0. The summed E-state index contributed by atoms with van der Waals surface area (Å²) in [5.74, 6) is 0.112. The van der Waals surface area contributed by atoms with Crippen molar-refractivity contribution in [3.63, 3.8) is 0 Å². The molecule has 0 aliphatic carbocycles.